The lowest BCUT2D eigenvalue weighted by atomic mass is 10.0. The van der Waals surface area contributed by atoms with E-state index in [4.69, 9.17) is 5.11 Å². The zero-order valence-corrected chi connectivity index (χ0v) is 13.0. The van der Waals surface area contributed by atoms with E-state index in [9.17, 15) is 4.79 Å². The van der Waals surface area contributed by atoms with Gasteiger partial charge in [0.15, 0.2) is 0 Å². The van der Waals surface area contributed by atoms with E-state index in [1.165, 1.54) is 63.0 Å². The summed E-state index contributed by atoms with van der Waals surface area (Å²) in [6, 6.07) is 10.7. The molecule has 0 aromatic heterocycles. The van der Waals surface area contributed by atoms with Crippen LogP contribution in [-0.4, -0.2) is 11.1 Å². The van der Waals surface area contributed by atoms with Gasteiger partial charge in [-0.25, -0.2) is 4.79 Å². The van der Waals surface area contributed by atoms with Crippen molar-refractivity contribution in [3.63, 3.8) is 0 Å². The fraction of sp³-hybridized carbons (Fsp3) is 0.526. The minimum absolute atomic E-state index is 0.842. The number of hydrogen-bond donors (Lipinski definition) is 1. The summed E-state index contributed by atoms with van der Waals surface area (Å²) >= 11 is 0. The lowest BCUT2D eigenvalue weighted by Gasteiger charge is -2.02. The number of benzene rings is 1. The van der Waals surface area contributed by atoms with Gasteiger partial charge in [-0.1, -0.05) is 74.9 Å². The van der Waals surface area contributed by atoms with Gasteiger partial charge >= 0.3 is 5.97 Å². The number of aryl methyl sites for hydroxylation is 1. The first-order chi connectivity index (χ1) is 10.3. The van der Waals surface area contributed by atoms with Gasteiger partial charge in [0.05, 0.1) is 0 Å². The average Bonchev–Trinajstić information content (AvgIpc) is 2.49. The molecule has 0 amide bonds. The highest BCUT2D eigenvalue weighted by Gasteiger charge is 1.94. The first kappa shape index (κ1) is 17.5. The van der Waals surface area contributed by atoms with Crippen LogP contribution in [0.15, 0.2) is 42.5 Å². The number of carboxylic acids is 1. The van der Waals surface area contributed by atoms with Crippen LogP contribution in [0.4, 0.5) is 0 Å². The molecule has 21 heavy (non-hydrogen) atoms. The SMILES string of the molecule is O=C(O)C=CCCCCCCCCCCc1ccccc1. The Kier molecular flexibility index (Phi) is 10.1. The van der Waals surface area contributed by atoms with Gasteiger partial charge in [0.1, 0.15) is 0 Å². The normalized spacial score (nSPS) is 11.0. The molecule has 1 rings (SSSR count). The second-order valence-electron chi connectivity index (χ2n) is 5.59. The lowest BCUT2D eigenvalue weighted by molar-refractivity contribution is -0.131. The van der Waals surface area contributed by atoms with Gasteiger partial charge in [-0.05, 0) is 31.2 Å². The van der Waals surface area contributed by atoms with Crippen molar-refractivity contribution < 1.29 is 9.90 Å². The molecule has 2 nitrogen and oxygen atoms in total. The summed E-state index contributed by atoms with van der Waals surface area (Å²) in [5, 5.41) is 8.44. The molecule has 0 saturated heterocycles. The van der Waals surface area contributed by atoms with Crippen LogP contribution < -0.4 is 0 Å². The molecule has 0 unspecified atom stereocenters. The first-order valence-electron chi connectivity index (χ1n) is 8.22. The number of unbranched alkanes of at least 4 members (excludes halogenated alkanes) is 8. The van der Waals surface area contributed by atoms with E-state index in [1.807, 2.05) is 0 Å². The predicted octanol–water partition coefficient (Wildman–Crippen LogP) is 5.38. The minimum Gasteiger partial charge on any atom is -0.478 e. The van der Waals surface area contributed by atoms with E-state index in [0.29, 0.717) is 0 Å². The summed E-state index contributed by atoms with van der Waals surface area (Å²) in [6.45, 7) is 0. The average molecular weight is 288 g/mol. The third-order valence-electron chi connectivity index (χ3n) is 3.69. The van der Waals surface area contributed by atoms with Crippen LogP contribution in [0.2, 0.25) is 0 Å². The van der Waals surface area contributed by atoms with Gasteiger partial charge in [0.25, 0.3) is 0 Å². The van der Waals surface area contributed by atoms with Crippen LogP contribution in [0.5, 0.6) is 0 Å². The van der Waals surface area contributed by atoms with Crippen molar-refractivity contribution in [3.8, 4) is 0 Å². The van der Waals surface area contributed by atoms with Crippen molar-refractivity contribution >= 4 is 5.97 Å². The Morgan fingerprint density at radius 1 is 0.857 bits per heavy atom. The minimum atomic E-state index is -0.842. The molecular formula is C19H28O2. The van der Waals surface area contributed by atoms with E-state index < -0.39 is 5.97 Å². The van der Waals surface area contributed by atoms with Crippen LogP contribution in [0.3, 0.4) is 0 Å². The fourth-order valence-corrected chi connectivity index (χ4v) is 2.48. The number of hydrogen-bond acceptors (Lipinski definition) is 1. The molecule has 0 spiro atoms. The Balaban J connectivity index is 1.82. The van der Waals surface area contributed by atoms with Crippen LogP contribution in [0.1, 0.15) is 63.4 Å². The highest BCUT2D eigenvalue weighted by molar-refractivity contribution is 5.79. The number of carbonyl (C=O) groups is 1. The Morgan fingerprint density at radius 3 is 2.05 bits per heavy atom. The van der Waals surface area contributed by atoms with E-state index >= 15 is 0 Å². The molecule has 0 aliphatic rings. The summed E-state index contributed by atoms with van der Waals surface area (Å²) < 4.78 is 0. The maximum atomic E-state index is 10.3. The van der Waals surface area contributed by atoms with Crippen molar-refractivity contribution in [2.24, 2.45) is 0 Å². The third kappa shape index (κ3) is 10.8. The fourth-order valence-electron chi connectivity index (χ4n) is 2.48. The second-order valence-corrected chi connectivity index (χ2v) is 5.59. The molecule has 0 fully saturated rings. The summed E-state index contributed by atoms with van der Waals surface area (Å²) in [5.41, 5.74) is 1.45. The number of allylic oxidation sites excluding steroid dienone is 1. The van der Waals surface area contributed by atoms with Crippen LogP contribution >= 0.6 is 0 Å². The molecule has 0 aliphatic carbocycles. The van der Waals surface area contributed by atoms with E-state index in [-0.39, 0.29) is 0 Å². The molecular weight excluding hydrogens is 260 g/mol. The maximum absolute atomic E-state index is 10.3. The Hall–Kier alpha value is -1.57. The van der Waals surface area contributed by atoms with Gasteiger partial charge in [-0.2, -0.15) is 0 Å². The summed E-state index contributed by atoms with van der Waals surface area (Å²) in [4.78, 5) is 10.3. The molecule has 1 aromatic rings. The van der Waals surface area contributed by atoms with Crippen LogP contribution in [0, 0.1) is 0 Å². The van der Waals surface area contributed by atoms with Crippen LogP contribution in [-0.2, 0) is 11.2 Å². The third-order valence-corrected chi connectivity index (χ3v) is 3.69. The van der Waals surface area contributed by atoms with Crippen LogP contribution in [0.25, 0.3) is 0 Å². The van der Waals surface area contributed by atoms with Gasteiger partial charge in [-0.3, -0.25) is 0 Å². The Bertz CT molecular complexity index is 395. The van der Waals surface area contributed by atoms with Gasteiger partial charge in [0.2, 0.25) is 0 Å². The first-order valence-corrected chi connectivity index (χ1v) is 8.22. The highest BCUT2D eigenvalue weighted by Crippen LogP contribution is 2.12. The maximum Gasteiger partial charge on any atom is 0.327 e. The predicted molar refractivity (Wildman–Crippen MR) is 88.5 cm³/mol. The quantitative estimate of drug-likeness (QED) is 0.414. The smallest absolute Gasteiger partial charge is 0.327 e. The molecule has 0 bridgehead atoms. The molecule has 1 N–H and O–H groups in total. The topological polar surface area (TPSA) is 37.3 Å². The zero-order chi connectivity index (χ0) is 15.2. The zero-order valence-electron chi connectivity index (χ0n) is 13.0. The molecule has 0 atom stereocenters. The lowest BCUT2D eigenvalue weighted by Crippen LogP contribution is -1.86. The standard InChI is InChI=1S/C19H28O2/c20-19(21)17-13-8-6-4-2-1-3-5-7-10-14-18-15-11-9-12-16-18/h9,11-13,15-17H,1-8,10,14H2,(H,20,21). The molecule has 0 heterocycles. The molecule has 116 valence electrons. The summed E-state index contributed by atoms with van der Waals surface area (Å²) in [6.07, 6.45) is 15.3. The largest absolute Gasteiger partial charge is 0.478 e. The van der Waals surface area contributed by atoms with Crippen molar-refractivity contribution in [3.05, 3.63) is 48.0 Å². The Morgan fingerprint density at radius 2 is 1.43 bits per heavy atom. The molecule has 2 heteroatoms. The van der Waals surface area contributed by atoms with Gasteiger partial charge < -0.3 is 5.11 Å². The highest BCUT2D eigenvalue weighted by atomic mass is 16.4. The number of carboxylic acid groups (broad SMARTS) is 1. The van der Waals surface area contributed by atoms with Gasteiger partial charge in [-0.15, -0.1) is 0 Å². The summed E-state index contributed by atoms with van der Waals surface area (Å²) in [5.74, 6) is -0.842. The second kappa shape index (κ2) is 12.2. The Labute approximate surface area is 128 Å². The van der Waals surface area contributed by atoms with Crippen molar-refractivity contribution in [2.45, 2.75) is 64.2 Å². The van der Waals surface area contributed by atoms with Crippen molar-refractivity contribution in [1.29, 1.82) is 0 Å². The van der Waals surface area contributed by atoms with E-state index in [2.05, 4.69) is 30.3 Å². The molecule has 0 radical (unpaired) electrons. The summed E-state index contributed by atoms with van der Waals surface area (Å²) in [7, 11) is 0. The monoisotopic (exact) mass is 288 g/mol. The van der Waals surface area contributed by atoms with Crippen molar-refractivity contribution in [2.75, 3.05) is 0 Å². The van der Waals surface area contributed by atoms with E-state index in [0.717, 1.165) is 12.8 Å². The molecule has 0 aliphatic heterocycles. The molecule has 1 aromatic carbocycles. The van der Waals surface area contributed by atoms with E-state index in [1.54, 1.807) is 6.08 Å². The number of aliphatic carboxylic acids is 1. The van der Waals surface area contributed by atoms with Gasteiger partial charge in [0, 0.05) is 6.08 Å². The van der Waals surface area contributed by atoms with Crippen molar-refractivity contribution in [1.82, 2.24) is 0 Å². The number of rotatable bonds is 12. The molecule has 0 saturated carbocycles.